The van der Waals surface area contributed by atoms with Crippen molar-refractivity contribution in [3.63, 3.8) is 0 Å². The smallest absolute Gasteiger partial charge is 0.274 e. The van der Waals surface area contributed by atoms with Gasteiger partial charge in [0.15, 0.2) is 0 Å². The van der Waals surface area contributed by atoms with Gasteiger partial charge in [0.25, 0.3) is 5.69 Å². The summed E-state index contributed by atoms with van der Waals surface area (Å²) >= 11 is 0. The van der Waals surface area contributed by atoms with Crippen LogP contribution in [0.25, 0.3) is 5.69 Å². The molecule has 3 rings (SSSR count). The van der Waals surface area contributed by atoms with Crippen LogP contribution in [-0.2, 0) is 12.8 Å². The van der Waals surface area contributed by atoms with Gasteiger partial charge in [-0.3, -0.25) is 10.1 Å². The maximum Gasteiger partial charge on any atom is 0.274 e. The molecule has 0 unspecified atom stereocenters. The van der Waals surface area contributed by atoms with Crippen LogP contribution in [0.3, 0.4) is 0 Å². The Balaban J connectivity index is 2.21. The lowest BCUT2D eigenvalue weighted by atomic mass is 10.1. The minimum atomic E-state index is -0.369. The van der Waals surface area contributed by atoms with E-state index in [4.69, 9.17) is 5.73 Å². The van der Waals surface area contributed by atoms with Crippen molar-refractivity contribution in [3.05, 3.63) is 45.1 Å². The highest BCUT2D eigenvalue weighted by molar-refractivity contribution is 5.56. The predicted molar refractivity (Wildman–Crippen MR) is 71.4 cm³/mol. The third-order valence-electron chi connectivity index (χ3n) is 3.66. The fraction of sp³-hybridized carbons (Fsp3) is 0.308. The highest BCUT2D eigenvalue weighted by atomic mass is 16.6. The Bertz CT molecular complexity index is 676. The second-order valence-electron chi connectivity index (χ2n) is 4.75. The van der Waals surface area contributed by atoms with Crippen LogP contribution in [0, 0.1) is 17.0 Å². The largest absolute Gasteiger partial charge is 0.382 e. The van der Waals surface area contributed by atoms with Gasteiger partial charge in [0.05, 0.1) is 16.2 Å². The van der Waals surface area contributed by atoms with Crippen LogP contribution in [0.4, 0.5) is 11.5 Å². The van der Waals surface area contributed by atoms with Crippen LogP contribution < -0.4 is 5.73 Å². The van der Waals surface area contributed by atoms with Crippen LogP contribution in [0.5, 0.6) is 0 Å². The van der Waals surface area contributed by atoms with Crippen molar-refractivity contribution in [2.24, 2.45) is 0 Å². The Kier molecular flexibility index (Phi) is 2.51. The van der Waals surface area contributed by atoms with E-state index in [1.165, 1.54) is 6.07 Å². The number of anilines is 1. The third kappa shape index (κ3) is 1.68. The van der Waals surface area contributed by atoms with Crippen molar-refractivity contribution >= 4 is 11.5 Å². The predicted octanol–water partition coefficient (Wildman–Crippen LogP) is 2.16. The summed E-state index contributed by atoms with van der Waals surface area (Å²) in [5, 5.41) is 15.3. The highest BCUT2D eigenvalue weighted by Gasteiger charge is 2.24. The van der Waals surface area contributed by atoms with E-state index in [1.54, 1.807) is 17.7 Å². The first-order valence-corrected chi connectivity index (χ1v) is 6.20. The van der Waals surface area contributed by atoms with Gasteiger partial charge in [0, 0.05) is 17.3 Å². The van der Waals surface area contributed by atoms with Crippen molar-refractivity contribution in [1.29, 1.82) is 0 Å². The van der Waals surface area contributed by atoms with Crippen LogP contribution in [0.2, 0.25) is 0 Å². The minimum Gasteiger partial charge on any atom is -0.382 e. The van der Waals surface area contributed by atoms with Gasteiger partial charge in [-0.05, 0) is 32.3 Å². The van der Waals surface area contributed by atoms with Gasteiger partial charge < -0.3 is 5.73 Å². The summed E-state index contributed by atoms with van der Waals surface area (Å²) in [5.41, 5.74) is 9.55. The van der Waals surface area contributed by atoms with E-state index < -0.39 is 0 Å². The van der Waals surface area contributed by atoms with Gasteiger partial charge in [-0.25, -0.2) is 4.68 Å². The molecule has 1 heterocycles. The Morgan fingerprint density at radius 2 is 2.21 bits per heavy atom. The van der Waals surface area contributed by atoms with Crippen molar-refractivity contribution in [2.45, 2.75) is 26.2 Å². The molecule has 6 nitrogen and oxygen atoms in total. The Labute approximate surface area is 110 Å². The molecule has 0 amide bonds. The average Bonchev–Trinajstić information content (AvgIpc) is 2.94. The van der Waals surface area contributed by atoms with Crippen LogP contribution in [0.1, 0.15) is 23.2 Å². The fourth-order valence-corrected chi connectivity index (χ4v) is 2.70. The second-order valence-corrected chi connectivity index (χ2v) is 4.75. The number of hydrogen-bond acceptors (Lipinski definition) is 4. The summed E-state index contributed by atoms with van der Waals surface area (Å²) < 4.78 is 1.76. The second kappa shape index (κ2) is 4.08. The lowest BCUT2D eigenvalue weighted by molar-refractivity contribution is -0.385. The van der Waals surface area contributed by atoms with E-state index in [0.29, 0.717) is 11.4 Å². The van der Waals surface area contributed by atoms with Gasteiger partial charge in [-0.15, -0.1) is 0 Å². The first kappa shape index (κ1) is 11.7. The minimum absolute atomic E-state index is 0.110. The molecular weight excluding hydrogens is 244 g/mol. The summed E-state index contributed by atoms with van der Waals surface area (Å²) in [6.45, 7) is 1.74. The molecule has 1 aliphatic carbocycles. The lowest BCUT2D eigenvalue weighted by Crippen LogP contribution is -2.05. The van der Waals surface area contributed by atoms with E-state index in [1.807, 2.05) is 6.07 Å². The van der Waals surface area contributed by atoms with Gasteiger partial charge in [0.1, 0.15) is 5.82 Å². The Hall–Kier alpha value is -2.37. The SMILES string of the molecule is Cc1c(-n2nc(N)c3c2CCC3)cccc1[N+](=O)[O-]. The van der Waals surface area contributed by atoms with Crippen LogP contribution in [0.15, 0.2) is 18.2 Å². The van der Waals surface area contributed by atoms with Crippen molar-refractivity contribution in [1.82, 2.24) is 9.78 Å². The number of hydrogen-bond donors (Lipinski definition) is 1. The molecule has 0 aliphatic heterocycles. The maximum atomic E-state index is 11.0. The molecular formula is C13H14N4O2. The first-order valence-electron chi connectivity index (χ1n) is 6.20. The van der Waals surface area contributed by atoms with Gasteiger partial charge in [-0.2, -0.15) is 5.10 Å². The normalized spacial score (nSPS) is 13.5. The molecule has 98 valence electrons. The molecule has 0 bridgehead atoms. The van der Waals surface area contributed by atoms with Crippen LogP contribution >= 0.6 is 0 Å². The van der Waals surface area contributed by atoms with E-state index in [2.05, 4.69) is 5.10 Å². The molecule has 0 spiro atoms. The number of nitro benzene ring substituents is 1. The number of nitro groups is 1. The number of rotatable bonds is 2. The molecule has 6 heteroatoms. The summed E-state index contributed by atoms with van der Waals surface area (Å²) in [6, 6.07) is 5.03. The number of aromatic nitrogens is 2. The zero-order valence-electron chi connectivity index (χ0n) is 10.6. The molecule has 1 aliphatic rings. The number of nitrogens with zero attached hydrogens (tertiary/aromatic N) is 3. The molecule has 1 aromatic heterocycles. The summed E-state index contributed by atoms with van der Waals surface area (Å²) in [6.07, 6.45) is 2.92. The van der Waals surface area contributed by atoms with E-state index in [9.17, 15) is 10.1 Å². The highest BCUT2D eigenvalue weighted by Crippen LogP contribution is 2.31. The number of fused-ring (bicyclic) bond motifs is 1. The summed E-state index contributed by atoms with van der Waals surface area (Å²) in [7, 11) is 0. The molecule has 0 fully saturated rings. The molecule has 0 saturated heterocycles. The Morgan fingerprint density at radius 1 is 1.42 bits per heavy atom. The van der Waals surface area contributed by atoms with E-state index in [-0.39, 0.29) is 10.6 Å². The average molecular weight is 258 g/mol. The van der Waals surface area contributed by atoms with Crippen molar-refractivity contribution in [2.75, 3.05) is 5.73 Å². The van der Waals surface area contributed by atoms with Gasteiger partial charge in [-0.1, -0.05) is 6.07 Å². The zero-order valence-corrected chi connectivity index (χ0v) is 10.6. The molecule has 2 N–H and O–H groups in total. The molecule has 0 radical (unpaired) electrons. The van der Waals surface area contributed by atoms with Crippen molar-refractivity contribution in [3.8, 4) is 5.69 Å². The monoisotopic (exact) mass is 258 g/mol. The molecule has 1 aromatic carbocycles. The van der Waals surface area contributed by atoms with E-state index >= 15 is 0 Å². The number of nitrogens with two attached hydrogens (primary N) is 1. The molecule has 2 aromatic rings. The van der Waals surface area contributed by atoms with Gasteiger partial charge >= 0.3 is 0 Å². The van der Waals surface area contributed by atoms with Gasteiger partial charge in [0.2, 0.25) is 0 Å². The first-order chi connectivity index (χ1) is 9.09. The summed E-state index contributed by atoms with van der Waals surface area (Å²) in [4.78, 5) is 10.6. The zero-order chi connectivity index (χ0) is 13.6. The quantitative estimate of drug-likeness (QED) is 0.660. The van der Waals surface area contributed by atoms with Crippen molar-refractivity contribution < 1.29 is 4.92 Å². The standard InChI is InChI=1S/C13H14N4O2/c1-8-10(5-3-6-11(8)17(18)19)16-12-7-2-4-9(12)13(14)15-16/h3,5-6H,2,4,7H2,1H3,(H2,14,15). The molecule has 0 saturated carbocycles. The fourth-order valence-electron chi connectivity index (χ4n) is 2.70. The summed E-state index contributed by atoms with van der Waals surface area (Å²) in [5.74, 6) is 0.540. The molecule has 19 heavy (non-hydrogen) atoms. The topological polar surface area (TPSA) is 87.0 Å². The Morgan fingerprint density at radius 3 is 2.95 bits per heavy atom. The maximum absolute atomic E-state index is 11.0. The lowest BCUT2D eigenvalue weighted by Gasteiger charge is -2.09. The third-order valence-corrected chi connectivity index (χ3v) is 3.66. The number of nitrogen functional groups attached to an aromatic ring is 1. The van der Waals surface area contributed by atoms with E-state index in [0.717, 1.165) is 36.2 Å². The molecule has 0 atom stereocenters. The number of benzene rings is 1. The van der Waals surface area contributed by atoms with Crippen LogP contribution in [-0.4, -0.2) is 14.7 Å².